The van der Waals surface area contributed by atoms with Gasteiger partial charge in [-0.2, -0.15) is 0 Å². The molecule has 1 fully saturated rings. The van der Waals surface area contributed by atoms with Gasteiger partial charge in [0.25, 0.3) is 5.91 Å². The smallest absolute Gasteiger partial charge is 0.253 e. The summed E-state index contributed by atoms with van der Waals surface area (Å²) in [7, 11) is 0. The molecule has 0 aromatic heterocycles. The molecule has 1 aromatic carbocycles. The van der Waals surface area contributed by atoms with Crippen LogP contribution in [0.1, 0.15) is 23.7 Å². The quantitative estimate of drug-likeness (QED) is 0.793. The lowest BCUT2D eigenvalue weighted by Crippen LogP contribution is -2.43. The Morgan fingerprint density at radius 1 is 1.50 bits per heavy atom. The zero-order valence-electron chi connectivity index (χ0n) is 9.95. The average molecular weight is 331 g/mol. The van der Waals surface area contributed by atoms with Crippen molar-refractivity contribution in [3.63, 3.8) is 0 Å². The largest absolute Gasteiger partial charge is 0.337 e. The van der Waals surface area contributed by atoms with Crippen molar-refractivity contribution in [2.75, 3.05) is 13.1 Å². The summed E-state index contributed by atoms with van der Waals surface area (Å²) in [5.74, 6) is 0.112. The second kappa shape index (κ2) is 5.41. The highest BCUT2D eigenvalue weighted by molar-refractivity contribution is 9.10. The van der Waals surface area contributed by atoms with Crippen LogP contribution in [0.15, 0.2) is 22.7 Å². The van der Waals surface area contributed by atoms with Crippen LogP contribution in [-0.2, 0) is 4.79 Å². The summed E-state index contributed by atoms with van der Waals surface area (Å²) in [5, 5.41) is 0.578. The van der Waals surface area contributed by atoms with Crippen molar-refractivity contribution < 1.29 is 9.59 Å². The van der Waals surface area contributed by atoms with E-state index in [0.29, 0.717) is 34.6 Å². The second-order valence-electron chi connectivity index (χ2n) is 4.50. The summed E-state index contributed by atoms with van der Waals surface area (Å²) in [6, 6.07) is 5.11. The van der Waals surface area contributed by atoms with Crippen molar-refractivity contribution in [3.8, 4) is 0 Å². The standard InChI is InChI=1S/C13H13BrClNO2/c1-8-7-16(5-4-12(8)17)13(18)9-2-3-11(15)10(14)6-9/h2-3,6,8H,4-5,7H2,1H3. The molecule has 0 bridgehead atoms. The molecule has 0 aliphatic carbocycles. The molecular weight excluding hydrogens is 318 g/mol. The maximum Gasteiger partial charge on any atom is 0.253 e. The van der Waals surface area contributed by atoms with Gasteiger partial charge in [-0.3, -0.25) is 9.59 Å². The number of Topliss-reactive ketones (excluding diaryl/α,β-unsaturated/α-hetero) is 1. The Morgan fingerprint density at radius 3 is 2.83 bits per heavy atom. The van der Waals surface area contributed by atoms with E-state index in [2.05, 4.69) is 15.9 Å². The van der Waals surface area contributed by atoms with Gasteiger partial charge in [0.1, 0.15) is 5.78 Å². The molecule has 1 heterocycles. The van der Waals surface area contributed by atoms with E-state index < -0.39 is 0 Å². The minimum Gasteiger partial charge on any atom is -0.337 e. The molecule has 1 aliphatic rings. The molecule has 0 radical (unpaired) electrons. The van der Waals surface area contributed by atoms with Gasteiger partial charge in [0.15, 0.2) is 0 Å². The third-order valence-corrected chi connectivity index (χ3v) is 4.34. The molecule has 1 amide bonds. The number of likely N-dealkylation sites (tertiary alicyclic amines) is 1. The van der Waals surface area contributed by atoms with Gasteiger partial charge in [-0.05, 0) is 34.1 Å². The first-order valence-corrected chi connectivity index (χ1v) is 6.93. The number of carbonyl (C=O) groups excluding carboxylic acids is 2. The minimum absolute atomic E-state index is 0.0493. The normalized spacial score (nSPS) is 20.1. The van der Waals surface area contributed by atoms with Crippen molar-refractivity contribution in [1.29, 1.82) is 0 Å². The summed E-state index contributed by atoms with van der Waals surface area (Å²) >= 11 is 9.20. The van der Waals surface area contributed by atoms with E-state index in [1.165, 1.54) is 0 Å². The van der Waals surface area contributed by atoms with E-state index in [-0.39, 0.29) is 17.6 Å². The Labute approximate surface area is 119 Å². The molecule has 5 heteroatoms. The number of ketones is 1. The van der Waals surface area contributed by atoms with Gasteiger partial charge in [0, 0.05) is 35.5 Å². The number of carbonyl (C=O) groups is 2. The molecule has 1 unspecified atom stereocenters. The third-order valence-electron chi connectivity index (χ3n) is 3.13. The summed E-state index contributed by atoms with van der Waals surface area (Å²) in [5.41, 5.74) is 0.591. The number of amides is 1. The SMILES string of the molecule is CC1CN(C(=O)c2ccc(Cl)c(Br)c2)CCC1=O. The number of nitrogens with zero attached hydrogens (tertiary/aromatic N) is 1. The van der Waals surface area contributed by atoms with Gasteiger partial charge < -0.3 is 4.90 Å². The average Bonchev–Trinajstić information content (AvgIpc) is 2.35. The zero-order valence-corrected chi connectivity index (χ0v) is 12.3. The van der Waals surface area contributed by atoms with Crippen LogP contribution in [0.5, 0.6) is 0 Å². The lowest BCUT2D eigenvalue weighted by atomic mass is 9.98. The Hall–Kier alpha value is -0.870. The van der Waals surface area contributed by atoms with E-state index >= 15 is 0 Å². The predicted octanol–water partition coefficient (Wildman–Crippen LogP) is 3.15. The topological polar surface area (TPSA) is 37.4 Å². The van der Waals surface area contributed by atoms with Gasteiger partial charge in [0.2, 0.25) is 0 Å². The van der Waals surface area contributed by atoms with E-state index in [1.54, 1.807) is 23.1 Å². The molecule has 0 saturated carbocycles. The summed E-state index contributed by atoms with van der Waals surface area (Å²) < 4.78 is 0.705. The summed E-state index contributed by atoms with van der Waals surface area (Å²) in [6.45, 7) is 2.86. The highest BCUT2D eigenvalue weighted by atomic mass is 79.9. The fourth-order valence-electron chi connectivity index (χ4n) is 2.01. The molecule has 3 nitrogen and oxygen atoms in total. The van der Waals surface area contributed by atoms with Crippen LogP contribution in [0, 0.1) is 5.92 Å². The lowest BCUT2D eigenvalue weighted by Gasteiger charge is -2.30. The number of rotatable bonds is 1. The molecule has 1 aromatic rings. The number of hydrogen-bond acceptors (Lipinski definition) is 2. The third kappa shape index (κ3) is 2.75. The number of benzene rings is 1. The molecule has 2 rings (SSSR count). The number of halogens is 2. The maximum absolute atomic E-state index is 12.3. The molecule has 0 spiro atoms. The van der Waals surface area contributed by atoms with Gasteiger partial charge >= 0.3 is 0 Å². The highest BCUT2D eigenvalue weighted by Gasteiger charge is 2.27. The van der Waals surface area contributed by atoms with Crippen LogP contribution in [0.2, 0.25) is 5.02 Å². The van der Waals surface area contributed by atoms with Gasteiger partial charge in [0.05, 0.1) is 5.02 Å². The lowest BCUT2D eigenvalue weighted by molar-refractivity contribution is -0.124. The van der Waals surface area contributed by atoms with Crippen molar-refractivity contribution in [2.45, 2.75) is 13.3 Å². The van der Waals surface area contributed by atoms with E-state index in [0.717, 1.165) is 0 Å². The summed E-state index contributed by atoms with van der Waals surface area (Å²) in [6.07, 6.45) is 0.446. The van der Waals surface area contributed by atoms with Crippen molar-refractivity contribution in [3.05, 3.63) is 33.3 Å². The van der Waals surface area contributed by atoms with E-state index in [1.807, 2.05) is 6.92 Å². The molecule has 1 saturated heterocycles. The van der Waals surface area contributed by atoms with Crippen molar-refractivity contribution in [1.82, 2.24) is 4.90 Å². The highest BCUT2D eigenvalue weighted by Crippen LogP contribution is 2.24. The molecule has 96 valence electrons. The zero-order chi connectivity index (χ0) is 13.3. The fourth-order valence-corrected chi connectivity index (χ4v) is 2.51. The Kier molecular flexibility index (Phi) is 4.07. The monoisotopic (exact) mass is 329 g/mol. The molecule has 0 N–H and O–H groups in total. The van der Waals surface area contributed by atoms with E-state index in [4.69, 9.17) is 11.6 Å². The molecule has 1 atom stereocenters. The molecular formula is C13H13BrClNO2. The van der Waals surface area contributed by atoms with Gasteiger partial charge in [-0.15, -0.1) is 0 Å². The first-order valence-electron chi connectivity index (χ1n) is 5.76. The summed E-state index contributed by atoms with van der Waals surface area (Å²) in [4.78, 5) is 25.4. The fraction of sp³-hybridized carbons (Fsp3) is 0.385. The Morgan fingerprint density at radius 2 is 2.22 bits per heavy atom. The van der Waals surface area contributed by atoms with Crippen molar-refractivity contribution in [2.24, 2.45) is 5.92 Å². The second-order valence-corrected chi connectivity index (χ2v) is 5.76. The number of piperidine rings is 1. The van der Waals surface area contributed by atoms with Crippen LogP contribution < -0.4 is 0 Å². The molecule has 18 heavy (non-hydrogen) atoms. The van der Waals surface area contributed by atoms with Crippen LogP contribution in [0.3, 0.4) is 0 Å². The first kappa shape index (κ1) is 13.6. The van der Waals surface area contributed by atoms with Crippen LogP contribution in [0.4, 0.5) is 0 Å². The first-order chi connectivity index (χ1) is 8.49. The van der Waals surface area contributed by atoms with Crippen molar-refractivity contribution >= 4 is 39.2 Å². The minimum atomic E-state index is -0.0709. The van der Waals surface area contributed by atoms with Crippen LogP contribution in [-0.4, -0.2) is 29.7 Å². The van der Waals surface area contributed by atoms with Gasteiger partial charge in [-0.1, -0.05) is 18.5 Å². The number of hydrogen-bond donors (Lipinski definition) is 0. The van der Waals surface area contributed by atoms with E-state index in [9.17, 15) is 9.59 Å². The molecule has 1 aliphatic heterocycles. The van der Waals surface area contributed by atoms with Gasteiger partial charge in [-0.25, -0.2) is 0 Å². The maximum atomic E-state index is 12.3. The Bertz CT molecular complexity index is 504. The Balaban J connectivity index is 2.16. The van der Waals surface area contributed by atoms with Crippen LogP contribution >= 0.6 is 27.5 Å². The van der Waals surface area contributed by atoms with Crippen LogP contribution in [0.25, 0.3) is 0 Å². The predicted molar refractivity (Wildman–Crippen MR) is 73.8 cm³/mol.